The second kappa shape index (κ2) is 4.36. The van der Waals surface area contributed by atoms with Crippen LogP contribution in [0.15, 0.2) is 24.5 Å². The molecular weight excluding hydrogens is 214 g/mol. The van der Waals surface area contributed by atoms with Crippen molar-refractivity contribution in [2.45, 2.75) is 0 Å². The summed E-state index contributed by atoms with van der Waals surface area (Å²) < 4.78 is 1.36. The summed E-state index contributed by atoms with van der Waals surface area (Å²) in [6.07, 6.45) is 1.89. The number of hydrogen-bond donors (Lipinski definition) is 2. The molecule has 1 aromatic heterocycles. The Bertz CT molecular complexity index is 484. The van der Waals surface area contributed by atoms with E-state index in [0.717, 1.165) is 0 Å². The van der Waals surface area contributed by atoms with Crippen molar-refractivity contribution in [3.63, 3.8) is 0 Å². The predicted molar refractivity (Wildman–Crippen MR) is 52.1 cm³/mol. The van der Waals surface area contributed by atoms with Gasteiger partial charge in [0.25, 0.3) is 0 Å². The molecule has 16 heavy (non-hydrogen) atoms. The van der Waals surface area contributed by atoms with Crippen LogP contribution in [0, 0.1) is 0 Å². The van der Waals surface area contributed by atoms with E-state index in [1.165, 1.54) is 23.1 Å². The Hall–Kier alpha value is -2.48. The average Bonchev–Trinajstić information content (AvgIpc) is 2.82. The van der Waals surface area contributed by atoms with Gasteiger partial charge in [0.1, 0.15) is 6.33 Å². The van der Waals surface area contributed by atoms with Gasteiger partial charge in [-0.3, -0.25) is 4.79 Å². The van der Waals surface area contributed by atoms with Crippen LogP contribution in [0.5, 0.6) is 5.75 Å². The van der Waals surface area contributed by atoms with Crippen molar-refractivity contribution in [1.82, 2.24) is 20.2 Å². The molecule has 0 saturated carbocycles. The van der Waals surface area contributed by atoms with Gasteiger partial charge in [0, 0.05) is 17.8 Å². The molecule has 0 saturated heterocycles. The van der Waals surface area contributed by atoms with E-state index in [1.54, 1.807) is 6.07 Å². The van der Waals surface area contributed by atoms with E-state index >= 15 is 0 Å². The SMILES string of the molecule is O=CNc1cc(OO)cc(-n2cnnn2)c1. The normalized spacial score (nSPS) is 9.81. The molecule has 0 unspecified atom stereocenters. The first kappa shape index (κ1) is 10.1. The van der Waals surface area contributed by atoms with Gasteiger partial charge in [0.05, 0.1) is 5.69 Å². The smallest absolute Gasteiger partial charge is 0.211 e. The van der Waals surface area contributed by atoms with E-state index in [2.05, 4.69) is 25.7 Å². The molecule has 8 heteroatoms. The molecule has 0 spiro atoms. The third-order valence-electron chi connectivity index (χ3n) is 1.84. The summed E-state index contributed by atoms with van der Waals surface area (Å²) in [5, 5.41) is 21.6. The van der Waals surface area contributed by atoms with Gasteiger partial charge in [-0.05, 0) is 16.5 Å². The van der Waals surface area contributed by atoms with Crippen LogP contribution in [0.1, 0.15) is 0 Å². The van der Waals surface area contributed by atoms with Crippen LogP contribution >= 0.6 is 0 Å². The minimum absolute atomic E-state index is 0.164. The highest BCUT2D eigenvalue weighted by atomic mass is 17.1. The first-order valence-electron chi connectivity index (χ1n) is 4.23. The second-order valence-corrected chi connectivity index (χ2v) is 2.82. The second-order valence-electron chi connectivity index (χ2n) is 2.82. The predicted octanol–water partition coefficient (Wildman–Crippen LogP) is 0.0824. The van der Waals surface area contributed by atoms with E-state index in [1.807, 2.05) is 0 Å². The molecule has 2 aromatic rings. The molecule has 0 atom stereocenters. The lowest BCUT2D eigenvalue weighted by Crippen LogP contribution is -2.00. The zero-order valence-corrected chi connectivity index (χ0v) is 7.94. The molecule has 8 nitrogen and oxygen atoms in total. The standard InChI is InChI=1S/C8H7N5O3/c14-5-9-6-1-7(3-8(2-6)16-15)13-4-10-11-12-13/h1-5,15H,(H,9,14). The minimum Gasteiger partial charge on any atom is -0.340 e. The van der Waals surface area contributed by atoms with E-state index in [-0.39, 0.29) is 5.75 Å². The number of rotatable bonds is 4. The quantitative estimate of drug-likeness (QED) is 0.430. The van der Waals surface area contributed by atoms with E-state index < -0.39 is 0 Å². The van der Waals surface area contributed by atoms with E-state index in [9.17, 15) is 4.79 Å². The molecule has 0 aliphatic heterocycles. The molecule has 0 aliphatic rings. The number of nitrogens with zero attached hydrogens (tertiary/aromatic N) is 4. The van der Waals surface area contributed by atoms with E-state index in [0.29, 0.717) is 17.8 Å². The zero-order chi connectivity index (χ0) is 11.4. The van der Waals surface area contributed by atoms with Crippen molar-refractivity contribution in [2.24, 2.45) is 0 Å². The Balaban J connectivity index is 2.44. The highest BCUT2D eigenvalue weighted by Crippen LogP contribution is 2.22. The number of aromatic nitrogens is 4. The van der Waals surface area contributed by atoms with Gasteiger partial charge in [-0.25, -0.2) is 9.94 Å². The Kier molecular flexibility index (Phi) is 2.74. The van der Waals surface area contributed by atoms with Gasteiger partial charge in [-0.1, -0.05) is 0 Å². The van der Waals surface area contributed by atoms with Crippen LogP contribution in [-0.4, -0.2) is 31.9 Å². The lowest BCUT2D eigenvalue weighted by molar-refractivity contribution is -0.137. The van der Waals surface area contributed by atoms with Gasteiger partial charge in [-0.15, -0.1) is 5.10 Å². The fraction of sp³-hybridized carbons (Fsp3) is 0. The fourth-order valence-corrected chi connectivity index (χ4v) is 1.20. The molecule has 1 amide bonds. The number of amides is 1. The topological polar surface area (TPSA) is 102 Å². The maximum absolute atomic E-state index is 10.3. The van der Waals surface area contributed by atoms with Crippen LogP contribution in [0.3, 0.4) is 0 Å². The Morgan fingerprint density at radius 2 is 2.31 bits per heavy atom. The summed E-state index contributed by atoms with van der Waals surface area (Å²) in [5.41, 5.74) is 0.993. The lowest BCUT2D eigenvalue weighted by atomic mass is 10.2. The van der Waals surface area contributed by atoms with Crippen LogP contribution in [-0.2, 0) is 4.79 Å². The molecule has 0 fully saturated rings. The van der Waals surface area contributed by atoms with Crippen LogP contribution in [0.2, 0.25) is 0 Å². The fourth-order valence-electron chi connectivity index (χ4n) is 1.20. The third kappa shape index (κ3) is 1.96. The number of anilines is 1. The number of hydrogen-bond acceptors (Lipinski definition) is 6. The minimum atomic E-state index is 0.164. The molecule has 1 aromatic carbocycles. The average molecular weight is 221 g/mol. The molecule has 2 rings (SSSR count). The third-order valence-corrected chi connectivity index (χ3v) is 1.84. The van der Waals surface area contributed by atoms with Gasteiger partial charge in [0.2, 0.25) is 6.41 Å². The van der Waals surface area contributed by atoms with Crippen molar-refractivity contribution >= 4 is 12.1 Å². The largest absolute Gasteiger partial charge is 0.340 e. The lowest BCUT2D eigenvalue weighted by Gasteiger charge is -2.05. The number of nitrogens with one attached hydrogen (secondary N) is 1. The van der Waals surface area contributed by atoms with Crippen LogP contribution in [0.4, 0.5) is 5.69 Å². The summed E-state index contributed by atoms with van der Waals surface area (Å²) >= 11 is 0. The maximum Gasteiger partial charge on any atom is 0.211 e. The van der Waals surface area contributed by atoms with Crippen LogP contribution < -0.4 is 10.2 Å². The highest BCUT2D eigenvalue weighted by molar-refractivity contribution is 5.73. The molecule has 1 heterocycles. The Morgan fingerprint density at radius 1 is 1.44 bits per heavy atom. The van der Waals surface area contributed by atoms with Crippen molar-refractivity contribution in [2.75, 3.05) is 5.32 Å². The summed E-state index contributed by atoms with van der Waals surface area (Å²) in [6, 6.07) is 4.57. The number of carbonyl (C=O) groups excluding carboxylic acids is 1. The molecule has 0 aliphatic carbocycles. The monoisotopic (exact) mass is 221 g/mol. The number of carbonyl (C=O) groups is 1. The Labute approximate surface area is 89.4 Å². The summed E-state index contributed by atoms with van der Waals surface area (Å²) in [5.74, 6) is 0.164. The first-order valence-corrected chi connectivity index (χ1v) is 4.23. The summed E-state index contributed by atoms with van der Waals surface area (Å²) in [6.45, 7) is 0. The molecule has 2 N–H and O–H groups in total. The highest BCUT2D eigenvalue weighted by Gasteiger charge is 2.04. The summed E-state index contributed by atoms with van der Waals surface area (Å²) in [7, 11) is 0. The van der Waals surface area contributed by atoms with Crippen LogP contribution in [0.25, 0.3) is 5.69 Å². The summed E-state index contributed by atoms with van der Waals surface area (Å²) in [4.78, 5) is 14.4. The van der Waals surface area contributed by atoms with Crippen molar-refractivity contribution in [3.05, 3.63) is 24.5 Å². The van der Waals surface area contributed by atoms with Crippen molar-refractivity contribution in [1.29, 1.82) is 0 Å². The number of tetrazole rings is 1. The van der Waals surface area contributed by atoms with Crippen molar-refractivity contribution in [3.8, 4) is 11.4 Å². The molecular formula is C8H7N5O3. The van der Waals surface area contributed by atoms with Gasteiger partial charge in [0.15, 0.2) is 5.75 Å². The maximum atomic E-state index is 10.3. The number of benzene rings is 1. The molecule has 82 valence electrons. The van der Waals surface area contributed by atoms with Crippen molar-refractivity contribution < 1.29 is 14.9 Å². The van der Waals surface area contributed by atoms with E-state index in [4.69, 9.17) is 5.26 Å². The zero-order valence-electron chi connectivity index (χ0n) is 7.94. The molecule has 0 bridgehead atoms. The Morgan fingerprint density at radius 3 is 2.94 bits per heavy atom. The van der Waals surface area contributed by atoms with Gasteiger partial charge >= 0.3 is 0 Å². The molecule has 0 radical (unpaired) electrons. The van der Waals surface area contributed by atoms with Gasteiger partial charge in [-0.2, -0.15) is 0 Å². The van der Waals surface area contributed by atoms with Gasteiger partial charge < -0.3 is 10.2 Å². The first-order chi connectivity index (χ1) is 7.83.